The quantitative estimate of drug-likeness (QED) is 0.727. The molecule has 4 heteroatoms. The Morgan fingerprint density at radius 3 is 3.00 bits per heavy atom. The maximum Gasteiger partial charge on any atom is 0.231 e. The van der Waals surface area contributed by atoms with Crippen molar-refractivity contribution in [1.82, 2.24) is 0 Å². The lowest BCUT2D eigenvalue weighted by Crippen LogP contribution is -2.10. The van der Waals surface area contributed by atoms with Gasteiger partial charge in [-0.2, -0.15) is 0 Å². The third kappa shape index (κ3) is 1.56. The van der Waals surface area contributed by atoms with E-state index in [9.17, 15) is 4.79 Å². The van der Waals surface area contributed by atoms with Crippen LogP contribution in [0.4, 0.5) is 0 Å². The molecule has 0 spiro atoms. The highest BCUT2D eigenvalue weighted by Crippen LogP contribution is 2.34. The van der Waals surface area contributed by atoms with Crippen LogP contribution in [0.15, 0.2) is 18.2 Å². The van der Waals surface area contributed by atoms with E-state index < -0.39 is 0 Å². The van der Waals surface area contributed by atoms with Gasteiger partial charge >= 0.3 is 0 Å². The van der Waals surface area contributed by atoms with Crippen molar-refractivity contribution in [2.24, 2.45) is 5.73 Å². The lowest BCUT2D eigenvalue weighted by atomic mass is 10.1. The molecular weight excluding hydrogens is 182 g/mol. The molecule has 1 atom stereocenters. The van der Waals surface area contributed by atoms with E-state index in [2.05, 4.69) is 0 Å². The molecule has 0 bridgehead atoms. The Morgan fingerprint density at radius 2 is 2.21 bits per heavy atom. The van der Waals surface area contributed by atoms with Crippen LogP contribution < -0.4 is 15.2 Å². The highest BCUT2D eigenvalue weighted by atomic mass is 16.7. The van der Waals surface area contributed by atoms with Gasteiger partial charge in [-0.1, -0.05) is 6.07 Å². The zero-order chi connectivity index (χ0) is 9.97. The summed E-state index contributed by atoms with van der Waals surface area (Å²) in [5.41, 5.74) is 6.66. The van der Waals surface area contributed by atoms with Crippen LogP contribution in [-0.2, 0) is 4.79 Å². The Kier molecular flexibility index (Phi) is 2.37. The number of hydrogen-bond donors (Lipinski definition) is 1. The second-order valence-electron chi connectivity index (χ2n) is 3.12. The fourth-order valence-corrected chi connectivity index (χ4v) is 1.38. The number of fused-ring (bicyclic) bond motifs is 1. The molecule has 0 radical (unpaired) electrons. The van der Waals surface area contributed by atoms with Crippen molar-refractivity contribution in [3.63, 3.8) is 0 Å². The van der Waals surface area contributed by atoms with Crippen LogP contribution in [0.1, 0.15) is 18.0 Å². The molecule has 0 saturated heterocycles. The standard InChI is InChI=1S/C10H11NO3/c11-8(3-4-12)7-1-2-9-10(5-7)14-6-13-9/h1-2,4-5,8H,3,6,11H2/t8-/m0/s1. The number of hydrogen-bond acceptors (Lipinski definition) is 4. The van der Waals surface area contributed by atoms with E-state index in [-0.39, 0.29) is 12.8 Å². The smallest absolute Gasteiger partial charge is 0.231 e. The normalized spacial score (nSPS) is 15.2. The maximum absolute atomic E-state index is 10.3. The summed E-state index contributed by atoms with van der Waals surface area (Å²) in [6, 6.07) is 5.21. The van der Waals surface area contributed by atoms with Crippen molar-refractivity contribution in [1.29, 1.82) is 0 Å². The SMILES string of the molecule is N[C@@H](CC=O)c1ccc2c(c1)OCO2. The summed E-state index contributed by atoms with van der Waals surface area (Å²) < 4.78 is 10.4. The minimum Gasteiger partial charge on any atom is -0.454 e. The maximum atomic E-state index is 10.3. The first-order chi connectivity index (χ1) is 6.81. The van der Waals surface area contributed by atoms with Gasteiger partial charge in [-0.3, -0.25) is 0 Å². The molecule has 1 aliphatic heterocycles. The Morgan fingerprint density at radius 1 is 1.43 bits per heavy atom. The second-order valence-corrected chi connectivity index (χ2v) is 3.12. The molecule has 0 aliphatic carbocycles. The van der Waals surface area contributed by atoms with E-state index >= 15 is 0 Å². The summed E-state index contributed by atoms with van der Waals surface area (Å²) in [4.78, 5) is 10.3. The van der Waals surface area contributed by atoms with Crippen LogP contribution in [-0.4, -0.2) is 13.1 Å². The summed E-state index contributed by atoms with van der Waals surface area (Å²) in [6.07, 6.45) is 1.13. The van der Waals surface area contributed by atoms with Gasteiger partial charge in [-0.25, -0.2) is 0 Å². The molecule has 0 amide bonds. The molecule has 0 fully saturated rings. The first-order valence-corrected chi connectivity index (χ1v) is 4.40. The van der Waals surface area contributed by atoms with Gasteiger partial charge in [0, 0.05) is 12.5 Å². The average molecular weight is 193 g/mol. The molecular formula is C10H11NO3. The van der Waals surface area contributed by atoms with Gasteiger partial charge in [0.05, 0.1) is 0 Å². The van der Waals surface area contributed by atoms with Gasteiger partial charge in [0.2, 0.25) is 6.79 Å². The number of nitrogens with two attached hydrogens (primary N) is 1. The van der Waals surface area contributed by atoms with Crippen molar-refractivity contribution in [2.45, 2.75) is 12.5 Å². The van der Waals surface area contributed by atoms with E-state index in [1.807, 2.05) is 18.2 Å². The average Bonchev–Trinajstić information content (AvgIpc) is 2.64. The molecule has 1 aromatic carbocycles. The second kappa shape index (κ2) is 3.67. The number of carbonyl (C=O) groups excluding carboxylic acids is 1. The number of benzene rings is 1. The largest absolute Gasteiger partial charge is 0.454 e. The van der Waals surface area contributed by atoms with Crippen molar-refractivity contribution in [3.05, 3.63) is 23.8 Å². The molecule has 1 aliphatic rings. The molecule has 2 rings (SSSR count). The molecule has 14 heavy (non-hydrogen) atoms. The fraction of sp³-hybridized carbons (Fsp3) is 0.300. The van der Waals surface area contributed by atoms with Gasteiger partial charge in [-0.15, -0.1) is 0 Å². The van der Waals surface area contributed by atoms with Crippen molar-refractivity contribution in [2.75, 3.05) is 6.79 Å². The number of ether oxygens (including phenoxy) is 2. The monoisotopic (exact) mass is 193 g/mol. The minimum absolute atomic E-state index is 0.252. The third-order valence-electron chi connectivity index (χ3n) is 2.17. The molecule has 0 unspecified atom stereocenters. The number of rotatable bonds is 3. The summed E-state index contributed by atoms with van der Waals surface area (Å²) >= 11 is 0. The van der Waals surface area contributed by atoms with Crippen LogP contribution >= 0.6 is 0 Å². The van der Waals surface area contributed by atoms with Crippen molar-refractivity contribution >= 4 is 6.29 Å². The lowest BCUT2D eigenvalue weighted by molar-refractivity contribution is -0.108. The lowest BCUT2D eigenvalue weighted by Gasteiger charge is -2.08. The van der Waals surface area contributed by atoms with Crippen LogP contribution in [0, 0.1) is 0 Å². The molecule has 1 heterocycles. The predicted octanol–water partition coefficient (Wildman–Crippen LogP) is 1.00. The zero-order valence-corrected chi connectivity index (χ0v) is 7.60. The van der Waals surface area contributed by atoms with E-state index in [0.29, 0.717) is 12.2 Å². The van der Waals surface area contributed by atoms with Crippen LogP contribution in [0.3, 0.4) is 0 Å². The van der Waals surface area contributed by atoms with Crippen LogP contribution in [0.2, 0.25) is 0 Å². The molecule has 1 aromatic rings. The van der Waals surface area contributed by atoms with Gasteiger partial charge < -0.3 is 20.0 Å². The molecule has 2 N–H and O–H groups in total. The van der Waals surface area contributed by atoms with Gasteiger partial charge in [-0.05, 0) is 17.7 Å². The molecule has 0 aromatic heterocycles. The van der Waals surface area contributed by atoms with Gasteiger partial charge in [0.1, 0.15) is 6.29 Å². The fourth-order valence-electron chi connectivity index (χ4n) is 1.38. The summed E-state index contributed by atoms with van der Waals surface area (Å²) in [5, 5.41) is 0. The topological polar surface area (TPSA) is 61.6 Å². The summed E-state index contributed by atoms with van der Waals surface area (Å²) in [5.74, 6) is 1.43. The Hall–Kier alpha value is -1.55. The molecule has 74 valence electrons. The van der Waals surface area contributed by atoms with Crippen molar-refractivity contribution in [3.8, 4) is 11.5 Å². The zero-order valence-electron chi connectivity index (χ0n) is 7.60. The van der Waals surface area contributed by atoms with E-state index in [4.69, 9.17) is 15.2 Å². The van der Waals surface area contributed by atoms with E-state index in [1.165, 1.54) is 0 Å². The minimum atomic E-state index is -0.262. The van der Waals surface area contributed by atoms with Gasteiger partial charge in [0.15, 0.2) is 11.5 Å². The highest BCUT2D eigenvalue weighted by Gasteiger charge is 2.15. The van der Waals surface area contributed by atoms with Gasteiger partial charge in [0.25, 0.3) is 0 Å². The predicted molar refractivity (Wildman–Crippen MR) is 50.2 cm³/mol. The first kappa shape index (κ1) is 9.02. The van der Waals surface area contributed by atoms with Crippen molar-refractivity contribution < 1.29 is 14.3 Å². The Bertz CT molecular complexity index is 351. The summed E-state index contributed by atoms with van der Waals surface area (Å²) in [7, 11) is 0. The summed E-state index contributed by atoms with van der Waals surface area (Å²) in [6.45, 7) is 0.252. The van der Waals surface area contributed by atoms with E-state index in [1.54, 1.807) is 0 Å². The molecule has 0 saturated carbocycles. The Balaban J connectivity index is 2.23. The van der Waals surface area contributed by atoms with Crippen LogP contribution in [0.5, 0.6) is 11.5 Å². The molecule has 4 nitrogen and oxygen atoms in total. The third-order valence-corrected chi connectivity index (χ3v) is 2.17. The highest BCUT2D eigenvalue weighted by molar-refractivity contribution is 5.52. The van der Waals surface area contributed by atoms with E-state index in [0.717, 1.165) is 17.6 Å². The van der Waals surface area contributed by atoms with Crippen LogP contribution in [0.25, 0.3) is 0 Å². The number of carbonyl (C=O) groups is 1. The first-order valence-electron chi connectivity index (χ1n) is 4.40. The Labute approximate surface area is 81.6 Å². The number of aldehydes is 1.